The molecule has 3 nitrogen and oxygen atoms in total. The Hall–Kier alpha value is -1.35. The van der Waals surface area contributed by atoms with Crippen LogP contribution in [0.2, 0.25) is 0 Å². The third kappa shape index (κ3) is 1.65. The number of benzene rings is 1. The van der Waals surface area contributed by atoms with Crippen LogP contribution >= 0.6 is 0 Å². The smallest absolute Gasteiger partial charge is 0.311 e. The van der Waals surface area contributed by atoms with Crippen molar-refractivity contribution in [2.45, 2.75) is 26.3 Å². The van der Waals surface area contributed by atoms with E-state index in [4.69, 9.17) is 0 Å². The minimum Gasteiger partial charge on any atom is -0.481 e. The van der Waals surface area contributed by atoms with Crippen LogP contribution in [0.25, 0.3) is 0 Å². The largest absolute Gasteiger partial charge is 0.481 e. The number of carboxylic acids is 1. The molecule has 1 aromatic rings. The summed E-state index contributed by atoms with van der Waals surface area (Å²) in [5, 5.41) is 9.51. The Morgan fingerprint density at radius 2 is 1.94 bits per heavy atom. The highest BCUT2D eigenvalue weighted by molar-refractivity contribution is 5.77. The highest BCUT2D eigenvalue weighted by Gasteiger charge is 2.65. The number of likely N-dealkylation sites (tertiary alicyclic amines) is 1. The van der Waals surface area contributed by atoms with Gasteiger partial charge in [0.25, 0.3) is 0 Å². The molecule has 1 N–H and O–H groups in total. The van der Waals surface area contributed by atoms with Crippen molar-refractivity contribution in [2.24, 2.45) is 10.8 Å². The highest BCUT2D eigenvalue weighted by Crippen LogP contribution is 2.63. The SMILES string of the molecule is CC1(C(=O)O)CN(Cc2ccccc2)CC12CC2. The molecule has 1 heterocycles. The van der Waals surface area contributed by atoms with Gasteiger partial charge in [0.1, 0.15) is 0 Å². The average molecular weight is 245 g/mol. The van der Waals surface area contributed by atoms with Crippen LogP contribution in [0.1, 0.15) is 25.3 Å². The molecular formula is C15H19NO2. The lowest BCUT2D eigenvalue weighted by Crippen LogP contribution is -2.37. The second kappa shape index (κ2) is 3.82. The maximum Gasteiger partial charge on any atom is 0.311 e. The summed E-state index contributed by atoms with van der Waals surface area (Å²) >= 11 is 0. The van der Waals surface area contributed by atoms with Crippen LogP contribution in [0.15, 0.2) is 30.3 Å². The van der Waals surface area contributed by atoms with E-state index in [0.717, 1.165) is 25.9 Å². The van der Waals surface area contributed by atoms with Gasteiger partial charge < -0.3 is 5.11 Å². The van der Waals surface area contributed by atoms with Gasteiger partial charge in [0.15, 0.2) is 0 Å². The molecule has 0 radical (unpaired) electrons. The number of carbonyl (C=O) groups is 1. The van der Waals surface area contributed by atoms with Crippen molar-refractivity contribution in [3.8, 4) is 0 Å². The lowest BCUT2D eigenvalue weighted by Gasteiger charge is -2.25. The van der Waals surface area contributed by atoms with Gasteiger partial charge in [-0.05, 0) is 25.3 Å². The van der Waals surface area contributed by atoms with Crippen LogP contribution in [-0.4, -0.2) is 29.1 Å². The van der Waals surface area contributed by atoms with Crippen molar-refractivity contribution in [3.05, 3.63) is 35.9 Å². The molecule has 1 saturated carbocycles. The van der Waals surface area contributed by atoms with E-state index in [9.17, 15) is 9.90 Å². The zero-order chi connectivity index (χ0) is 12.8. The Labute approximate surface area is 107 Å². The first kappa shape index (κ1) is 11.7. The van der Waals surface area contributed by atoms with E-state index in [0.29, 0.717) is 6.54 Å². The van der Waals surface area contributed by atoms with E-state index >= 15 is 0 Å². The monoisotopic (exact) mass is 245 g/mol. The summed E-state index contributed by atoms with van der Waals surface area (Å²) < 4.78 is 0. The van der Waals surface area contributed by atoms with Crippen LogP contribution < -0.4 is 0 Å². The quantitative estimate of drug-likeness (QED) is 0.888. The van der Waals surface area contributed by atoms with Crippen LogP contribution in [0, 0.1) is 10.8 Å². The molecule has 3 rings (SSSR count). The van der Waals surface area contributed by atoms with Crippen LogP contribution in [-0.2, 0) is 11.3 Å². The molecule has 1 aliphatic heterocycles. The summed E-state index contributed by atoms with van der Waals surface area (Å²) in [4.78, 5) is 13.9. The van der Waals surface area contributed by atoms with Gasteiger partial charge in [0.05, 0.1) is 5.41 Å². The lowest BCUT2D eigenvalue weighted by atomic mass is 9.77. The highest BCUT2D eigenvalue weighted by atomic mass is 16.4. The fourth-order valence-corrected chi connectivity index (χ4v) is 3.38. The molecule has 1 unspecified atom stereocenters. The first-order valence-corrected chi connectivity index (χ1v) is 6.55. The van der Waals surface area contributed by atoms with Gasteiger partial charge >= 0.3 is 5.97 Å². The van der Waals surface area contributed by atoms with Crippen LogP contribution in [0.5, 0.6) is 0 Å². The number of aliphatic carboxylic acids is 1. The third-order valence-electron chi connectivity index (χ3n) is 4.81. The Balaban J connectivity index is 1.76. The van der Waals surface area contributed by atoms with E-state index in [1.807, 2.05) is 25.1 Å². The van der Waals surface area contributed by atoms with Gasteiger partial charge in [-0.2, -0.15) is 0 Å². The molecule has 2 aliphatic rings. The second-order valence-electron chi connectivity index (χ2n) is 6.05. The molecule has 1 atom stereocenters. The van der Waals surface area contributed by atoms with E-state index in [-0.39, 0.29) is 5.41 Å². The van der Waals surface area contributed by atoms with Gasteiger partial charge in [-0.25, -0.2) is 0 Å². The molecule has 18 heavy (non-hydrogen) atoms. The van der Waals surface area contributed by atoms with E-state index in [1.165, 1.54) is 5.56 Å². The summed E-state index contributed by atoms with van der Waals surface area (Å²) in [7, 11) is 0. The fraction of sp³-hybridized carbons (Fsp3) is 0.533. The zero-order valence-corrected chi connectivity index (χ0v) is 10.7. The normalized spacial score (nSPS) is 29.6. The van der Waals surface area contributed by atoms with E-state index < -0.39 is 11.4 Å². The fourth-order valence-electron chi connectivity index (χ4n) is 3.38. The van der Waals surface area contributed by atoms with Crippen molar-refractivity contribution in [2.75, 3.05) is 13.1 Å². The minimum absolute atomic E-state index is 0.0492. The van der Waals surface area contributed by atoms with Gasteiger partial charge in [-0.3, -0.25) is 9.69 Å². The number of carboxylic acid groups (broad SMARTS) is 1. The molecule has 1 aliphatic carbocycles. The number of nitrogens with zero attached hydrogens (tertiary/aromatic N) is 1. The minimum atomic E-state index is -0.629. The van der Waals surface area contributed by atoms with Crippen molar-refractivity contribution >= 4 is 5.97 Å². The second-order valence-corrected chi connectivity index (χ2v) is 6.05. The molecule has 96 valence electrons. The summed E-state index contributed by atoms with van der Waals surface area (Å²) in [6.45, 7) is 4.40. The van der Waals surface area contributed by atoms with Gasteiger partial charge in [0.2, 0.25) is 0 Å². The Bertz CT molecular complexity index is 467. The van der Waals surface area contributed by atoms with E-state index in [2.05, 4.69) is 17.0 Å². The molecule has 2 fully saturated rings. The zero-order valence-electron chi connectivity index (χ0n) is 10.7. The topological polar surface area (TPSA) is 40.5 Å². The lowest BCUT2D eigenvalue weighted by molar-refractivity contribution is -0.150. The molecule has 1 spiro atoms. The molecule has 0 bridgehead atoms. The predicted molar refractivity (Wildman–Crippen MR) is 69.1 cm³/mol. The Morgan fingerprint density at radius 1 is 1.28 bits per heavy atom. The molecule has 0 aromatic heterocycles. The molecule has 3 heteroatoms. The average Bonchev–Trinajstić information content (AvgIpc) is 3.05. The molecule has 0 amide bonds. The number of hydrogen-bond donors (Lipinski definition) is 1. The van der Waals surface area contributed by atoms with Crippen LogP contribution in [0.4, 0.5) is 0 Å². The van der Waals surface area contributed by atoms with Crippen molar-refractivity contribution in [1.82, 2.24) is 4.90 Å². The first-order valence-electron chi connectivity index (χ1n) is 6.55. The predicted octanol–water partition coefficient (Wildman–Crippen LogP) is 2.37. The van der Waals surface area contributed by atoms with Crippen molar-refractivity contribution in [3.63, 3.8) is 0 Å². The summed E-state index contributed by atoms with van der Waals surface area (Å²) in [5.74, 6) is -0.629. The first-order chi connectivity index (χ1) is 8.56. The molecule has 1 aromatic carbocycles. The van der Waals surface area contributed by atoms with E-state index in [1.54, 1.807) is 0 Å². The van der Waals surface area contributed by atoms with Crippen molar-refractivity contribution < 1.29 is 9.90 Å². The molecule has 1 saturated heterocycles. The Kier molecular flexibility index (Phi) is 2.49. The number of hydrogen-bond acceptors (Lipinski definition) is 2. The summed E-state index contributed by atoms with van der Waals surface area (Å²) in [6, 6.07) is 10.3. The van der Waals surface area contributed by atoms with Crippen molar-refractivity contribution in [1.29, 1.82) is 0 Å². The standard InChI is InChI=1S/C15H19NO2/c1-14(13(17)18)10-16(11-15(14)7-8-15)9-12-5-3-2-4-6-12/h2-6H,7-11H2,1H3,(H,17,18). The summed E-state index contributed by atoms with van der Waals surface area (Å²) in [5.41, 5.74) is 0.762. The van der Waals surface area contributed by atoms with Gasteiger partial charge in [-0.15, -0.1) is 0 Å². The third-order valence-corrected chi connectivity index (χ3v) is 4.81. The van der Waals surface area contributed by atoms with Gasteiger partial charge in [0, 0.05) is 25.0 Å². The molecular weight excluding hydrogens is 226 g/mol. The van der Waals surface area contributed by atoms with Gasteiger partial charge in [-0.1, -0.05) is 30.3 Å². The maximum atomic E-state index is 11.6. The Morgan fingerprint density at radius 3 is 2.44 bits per heavy atom. The maximum absolute atomic E-state index is 11.6. The summed E-state index contributed by atoms with van der Waals surface area (Å²) in [6.07, 6.45) is 2.14. The van der Waals surface area contributed by atoms with Crippen LogP contribution in [0.3, 0.4) is 0 Å². The number of rotatable bonds is 3.